The van der Waals surface area contributed by atoms with Gasteiger partial charge in [0.25, 0.3) is 0 Å². The highest BCUT2D eigenvalue weighted by atomic mass is 16.5. The van der Waals surface area contributed by atoms with Gasteiger partial charge in [-0.2, -0.15) is 0 Å². The van der Waals surface area contributed by atoms with Gasteiger partial charge < -0.3 is 15.0 Å². The van der Waals surface area contributed by atoms with Crippen LogP contribution in [0, 0.1) is 5.92 Å². The number of hydrogen-bond donors (Lipinski definition) is 1. The standard InChI is InChI=1S/C13H26N2O2/c1-11(2)10-15(8-9-17-3)13(16)12-6-4-5-7-14-12/h11-12,14H,4-10H2,1-3H3/t12-/m0/s1. The number of rotatable bonds is 6. The van der Waals surface area contributed by atoms with Crippen LogP contribution in [0.5, 0.6) is 0 Å². The number of piperidine rings is 1. The molecule has 0 aliphatic carbocycles. The number of nitrogens with zero attached hydrogens (tertiary/aromatic N) is 1. The molecule has 1 N–H and O–H groups in total. The second-order valence-corrected chi connectivity index (χ2v) is 5.17. The first kappa shape index (κ1) is 14.5. The predicted octanol–water partition coefficient (Wildman–Crippen LogP) is 1.26. The Kier molecular flexibility index (Phi) is 6.52. The average Bonchev–Trinajstić information content (AvgIpc) is 2.34. The summed E-state index contributed by atoms with van der Waals surface area (Å²) < 4.78 is 5.08. The van der Waals surface area contributed by atoms with Crippen molar-refractivity contribution >= 4 is 5.91 Å². The molecule has 1 amide bonds. The predicted molar refractivity (Wildman–Crippen MR) is 68.9 cm³/mol. The summed E-state index contributed by atoms with van der Waals surface area (Å²) in [6, 6.07) is 0.0272. The Hall–Kier alpha value is -0.610. The number of carbonyl (C=O) groups excluding carboxylic acids is 1. The molecule has 1 heterocycles. The van der Waals surface area contributed by atoms with Gasteiger partial charge in [-0.1, -0.05) is 20.3 Å². The molecule has 0 radical (unpaired) electrons. The van der Waals surface area contributed by atoms with Gasteiger partial charge in [-0.25, -0.2) is 0 Å². The van der Waals surface area contributed by atoms with Crippen molar-refractivity contribution in [3.8, 4) is 0 Å². The number of hydrogen-bond acceptors (Lipinski definition) is 3. The molecule has 0 unspecified atom stereocenters. The smallest absolute Gasteiger partial charge is 0.239 e. The summed E-state index contributed by atoms with van der Waals surface area (Å²) in [5.41, 5.74) is 0. The Balaban J connectivity index is 2.50. The van der Waals surface area contributed by atoms with E-state index in [1.807, 2.05) is 4.90 Å². The Bertz CT molecular complexity index is 225. The molecule has 1 saturated heterocycles. The van der Waals surface area contributed by atoms with Crippen LogP contribution in [0.1, 0.15) is 33.1 Å². The lowest BCUT2D eigenvalue weighted by molar-refractivity contribution is -0.135. The highest BCUT2D eigenvalue weighted by Gasteiger charge is 2.25. The van der Waals surface area contributed by atoms with E-state index >= 15 is 0 Å². The van der Waals surface area contributed by atoms with E-state index < -0.39 is 0 Å². The maximum atomic E-state index is 12.3. The Labute approximate surface area is 105 Å². The second kappa shape index (κ2) is 7.67. The summed E-state index contributed by atoms with van der Waals surface area (Å²) in [7, 11) is 1.68. The van der Waals surface area contributed by atoms with Crippen molar-refractivity contribution in [2.75, 3.05) is 33.4 Å². The molecule has 1 rings (SSSR count). The number of methoxy groups -OCH3 is 1. The first-order valence-electron chi connectivity index (χ1n) is 6.66. The molecule has 0 bridgehead atoms. The first-order valence-corrected chi connectivity index (χ1v) is 6.66. The summed E-state index contributed by atoms with van der Waals surface area (Å²) in [6.07, 6.45) is 3.32. The largest absolute Gasteiger partial charge is 0.383 e. The van der Waals surface area contributed by atoms with Crippen molar-refractivity contribution < 1.29 is 9.53 Å². The van der Waals surface area contributed by atoms with Crippen LogP contribution in [0.2, 0.25) is 0 Å². The van der Waals surface area contributed by atoms with E-state index in [0.717, 1.165) is 25.9 Å². The molecule has 4 heteroatoms. The van der Waals surface area contributed by atoms with Crippen LogP contribution in [0.4, 0.5) is 0 Å². The fourth-order valence-corrected chi connectivity index (χ4v) is 2.22. The molecule has 0 aromatic carbocycles. The fourth-order valence-electron chi connectivity index (χ4n) is 2.22. The normalized spacial score (nSPS) is 20.6. The lowest BCUT2D eigenvalue weighted by Crippen LogP contribution is -2.50. The average molecular weight is 242 g/mol. The Morgan fingerprint density at radius 1 is 1.47 bits per heavy atom. The van der Waals surface area contributed by atoms with Crippen LogP contribution in [-0.2, 0) is 9.53 Å². The topological polar surface area (TPSA) is 41.6 Å². The van der Waals surface area contributed by atoms with Crippen LogP contribution in [0.25, 0.3) is 0 Å². The third-order valence-electron chi connectivity index (χ3n) is 3.07. The third-order valence-corrected chi connectivity index (χ3v) is 3.07. The number of ether oxygens (including phenoxy) is 1. The van der Waals surface area contributed by atoms with Crippen molar-refractivity contribution in [3.63, 3.8) is 0 Å². The van der Waals surface area contributed by atoms with Gasteiger partial charge in [0.1, 0.15) is 0 Å². The SMILES string of the molecule is COCCN(CC(C)C)C(=O)[C@@H]1CCCCN1. The maximum Gasteiger partial charge on any atom is 0.239 e. The Morgan fingerprint density at radius 2 is 2.24 bits per heavy atom. The number of nitrogens with one attached hydrogen (secondary N) is 1. The van der Waals surface area contributed by atoms with Crippen molar-refractivity contribution in [2.45, 2.75) is 39.2 Å². The molecule has 1 aliphatic rings. The van der Waals surface area contributed by atoms with Crippen molar-refractivity contribution in [1.82, 2.24) is 10.2 Å². The lowest BCUT2D eigenvalue weighted by Gasteiger charge is -2.31. The molecule has 0 aromatic heterocycles. The molecule has 0 spiro atoms. The minimum Gasteiger partial charge on any atom is -0.383 e. The van der Waals surface area contributed by atoms with Crippen LogP contribution >= 0.6 is 0 Å². The van der Waals surface area contributed by atoms with Gasteiger partial charge in [0.2, 0.25) is 5.91 Å². The van der Waals surface area contributed by atoms with E-state index in [1.54, 1.807) is 7.11 Å². The molecule has 4 nitrogen and oxygen atoms in total. The van der Waals surface area contributed by atoms with Crippen LogP contribution in [0.15, 0.2) is 0 Å². The van der Waals surface area contributed by atoms with Crippen molar-refractivity contribution in [1.29, 1.82) is 0 Å². The molecule has 0 saturated carbocycles. The minimum absolute atomic E-state index is 0.0272. The summed E-state index contributed by atoms with van der Waals surface area (Å²) >= 11 is 0. The fraction of sp³-hybridized carbons (Fsp3) is 0.923. The van der Waals surface area contributed by atoms with Crippen molar-refractivity contribution in [2.24, 2.45) is 5.92 Å². The van der Waals surface area contributed by atoms with Gasteiger partial charge in [0.15, 0.2) is 0 Å². The number of carbonyl (C=O) groups is 1. The summed E-state index contributed by atoms with van der Waals surface area (Å²) in [5.74, 6) is 0.745. The van der Waals surface area contributed by atoms with Gasteiger partial charge in [0.05, 0.1) is 12.6 Å². The quantitative estimate of drug-likeness (QED) is 0.762. The molecule has 100 valence electrons. The van der Waals surface area contributed by atoms with Crippen LogP contribution in [-0.4, -0.2) is 50.2 Å². The van der Waals surface area contributed by atoms with Crippen LogP contribution in [0.3, 0.4) is 0 Å². The van der Waals surface area contributed by atoms with Gasteiger partial charge in [0, 0.05) is 20.2 Å². The summed E-state index contributed by atoms with van der Waals surface area (Å²) in [5, 5.41) is 3.32. The molecule has 1 aliphatic heterocycles. The van der Waals surface area contributed by atoms with E-state index in [-0.39, 0.29) is 11.9 Å². The third kappa shape index (κ3) is 5.04. The minimum atomic E-state index is 0.0272. The van der Waals surface area contributed by atoms with E-state index in [1.165, 1.54) is 6.42 Å². The van der Waals surface area contributed by atoms with E-state index in [0.29, 0.717) is 19.1 Å². The zero-order valence-corrected chi connectivity index (χ0v) is 11.4. The van der Waals surface area contributed by atoms with E-state index in [2.05, 4.69) is 19.2 Å². The van der Waals surface area contributed by atoms with Gasteiger partial charge in [-0.3, -0.25) is 4.79 Å². The van der Waals surface area contributed by atoms with Gasteiger partial charge in [-0.15, -0.1) is 0 Å². The van der Waals surface area contributed by atoms with E-state index in [4.69, 9.17) is 4.74 Å². The monoisotopic (exact) mass is 242 g/mol. The molecular formula is C13H26N2O2. The summed E-state index contributed by atoms with van der Waals surface area (Å²) in [4.78, 5) is 14.3. The van der Waals surface area contributed by atoms with Crippen LogP contribution < -0.4 is 5.32 Å². The Morgan fingerprint density at radius 3 is 2.76 bits per heavy atom. The molecule has 1 atom stereocenters. The second-order valence-electron chi connectivity index (χ2n) is 5.17. The van der Waals surface area contributed by atoms with Gasteiger partial charge in [-0.05, 0) is 25.3 Å². The lowest BCUT2D eigenvalue weighted by atomic mass is 10.0. The highest BCUT2D eigenvalue weighted by Crippen LogP contribution is 2.11. The van der Waals surface area contributed by atoms with E-state index in [9.17, 15) is 4.79 Å². The zero-order chi connectivity index (χ0) is 12.7. The number of amides is 1. The van der Waals surface area contributed by atoms with Gasteiger partial charge >= 0.3 is 0 Å². The molecular weight excluding hydrogens is 216 g/mol. The molecule has 1 fully saturated rings. The molecule has 17 heavy (non-hydrogen) atoms. The first-order chi connectivity index (χ1) is 8.15. The zero-order valence-electron chi connectivity index (χ0n) is 11.4. The summed E-state index contributed by atoms with van der Waals surface area (Å²) in [6.45, 7) is 7.39. The molecule has 0 aromatic rings. The van der Waals surface area contributed by atoms with Crippen molar-refractivity contribution in [3.05, 3.63) is 0 Å². The maximum absolute atomic E-state index is 12.3. The highest BCUT2D eigenvalue weighted by molar-refractivity contribution is 5.82.